The van der Waals surface area contributed by atoms with Crippen molar-refractivity contribution in [1.82, 2.24) is 4.90 Å². The van der Waals surface area contributed by atoms with Crippen molar-refractivity contribution in [3.05, 3.63) is 0 Å². The van der Waals surface area contributed by atoms with Crippen LogP contribution in [-0.2, 0) is 19.0 Å². The predicted molar refractivity (Wildman–Crippen MR) is 77.7 cm³/mol. The summed E-state index contributed by atoms with van der Waals surface area (Å²) in [6.45, 7) is 7.12. The third-order valence-corrected chi connectivity index (χ3v) is 3.68. The maximum atomic E-state index is 12.2. The smallest absolute Gasteiger partial charge is 0.410 e. The molecule has 2 aliphatic rings. The molecule has 0 aromatic rings. The zero-order valence-electron chi connectivity index (χ0n) is 13.5. The van der Waals surface area contributed by atoms with E-state index < -0.39 is 23.3 Å². The molecule has 1 spiro atoms. The van der Waals surface area contributed by atoms with E-state index >= 15 is 0 Å². The first-order valence-electron chi connectivity index (χ1n) is 7.64. The van der Waals surface area contributed by atoms with Crippen LogP contribution in [0, 0.1) is 0 Å². The van der Waals surface area contributed by atoms with E-state index in [0.717, 1.165) is 12.8 Å². The van der Waals surface area contributed by atoms with Gasteiger partial charge >= 0.3 is 12.1 Å². The molecule has 2 atom stereocenters. The highest BCUT2D eigenvalue weighted by atomic mass is 16.6. The monoisotopic (exact) mass is 315 g/mol. The number of carbonyl (C=O) groups excluding carboxylic acids is 1. The van der Waals surface area contributed by atoms with Crippen LogP contribution in [0.3, 0.4) is 0 Å². The number of carboxylic acid groups (broad SMARTS) is 1. The van der Waals surface area contributed by atoms with Gasteiger partial charge in [-0.1, -0.05) is 0 Å². The number of aliphatic carboxylic acids is 1. The van der Waals surface area contributed by atoms with Crippen molar-refractivity contribution in [1.29, 1.82) is 0 Å². The minimum absolute atomic E-state index is 0.0891. The van der Waals surface area contributed by atoms with E-state index in [-0.39, 0.29) is 19.1 Å². The number of likely N-dealkylation sites (tertiary alicyclic amines) is 1. The second-order valence-corrected chi connectivity index (χ2v) is 7.04. The second-order valence-electron chi connectivity index (χ2n) is 7.04. The number of carboxylic acids is 1. The molecule has 0 aromatic carbocycles. The number of ether oxygens (including phenoxy) is 3. The Kier molecular flexibility index (Phi) is 4.97. The van der Waals surface area contributed by atoms with Gasteiger partial charge in [-0.2, -0.15) is 0 Å². The van der Waals surface area contributed by atoms with Crippen molar-refractivity contribution in [2.24, 2.45) is 0 Å². The van der Waals surface area contributed by atoms with Gasteiger partial charge in [0.1, 0.15) is 11.2 Å². The van der Waals surface area contributed by atoms with Crippen LogP contribution in [0.15, 0.2) is 0 Å². The van der Waals surface area contributed by atoms with E-state index in [4.69, 9.17) is 19.3 Å². The Bertz CT molecular complexity index is 428. The Hall–Kier alpha value is -1.34. The van der Waals surface area contributed by atoms with Gasteiger partial charge in [-0.05, 0) is 33.6 Å². The first-order valence-corrected chi connectivity index (χ1v) is 7.64. The lowest BCUT2D eigenvalue weighted by atomic mass is 9.92. The molecule has 0 aromatic heterocycles. The van der Waals surface area contributed by atoms with Crippen molar-refractivity contribution in [3.8, 4) is 0 Å². The molecule has 0 saturated carbocycles. The van der Waals surface area contributed by atoms with Crippen molar-refractivity contribution in [3.63, 3.8) is 0 Å². The number of hydrogen-bond donors (Lipinski definition) is 1. The Labute approximate surface area is 130 Å². The predicted octanol–water partition coefficient (Wildman–Crippen LogP) is 1.65. The fraction of sp³-hybridized carbons (Fsp3) is 0.867. The molecule has 2 rings (SSSR count). The van der Waals surface area contributed by atoms with Gasteiger partial charge in [-0.15, -0.1) is 0 Å². The Morgan fingerprint density at radius 3 is 2.77 bits per heavy atom. The molecule has 7 heteroatoms. The molecule has 2 unspecified atom stereocenters. The van der Waals surface area contributed by atoms with E-state index in [1.165, 1.54) is 0 Å². The summed E-state index contributed by atoms with van der Waals surface area (Å²) in [5, 5.41) is 8.90. The summed E-state index contributed by atoms with van der Waals surface area (Å²) in [6.07, 6.45) is 0.610. The lowest BCUT2D eigenvalue weighted by molar-refractivity contribution is -0.217. The summed E-state index contributed by atoms with van der Waals surface area (Å²) in [5.74, 6) is -0.912. The van der Waals surface area contributed by atoms with Crippen LogP contribution in [0.2, 0.25) is 0 Å². The molecular weight excluding hydrogens is 290 g/mol. The van der Waals surface area contributed by atoms with Gasteiger partial charge < -0.3 is 24.2 Å². The van der Waals surface area contributed by atoms with Crippen LogP contribution < -0.4 is 0 Å². The minimum atomic E-state index is -0.912. The topological polar surface area (TPSA) is 85.3 Å². The average Bonchev–Trinajstić information content (AvgIpc) is 2.36. The summed E-state index contributed by atoms with van der Waals surface area (Å²) in [5.41, 5.74) is -1.16. The van der Waals surface area contributed by atoms with Gasteiger partial charge in [-0.3, -0.25) is 4.79 Å². The maximum Gasteiger partial charge on any atom is 0.410 e. The molecule has 2 aliphatic heterocycles. The Balaban J connectivity index is 1.99. The van der Waals surface area contributed by atoms with Gasteiger partial charge in [0.25, 0.3) is 0 Å². The highest BCUT2D eigenvalue weighted by molar-refractivity contribution is 5.68. The van der Waals surface area contributed by atoms with E-state index in [9.17, 15) is 9.59 Å². The second kappa shape index (κ2) is 6.42. The van der Waals surface area contributed by atoms with Crippen molar-refractivity contribution < 1.29 is 28.9 Å². The van der Waals surface area contributed by atoms with Crippen LogP contribution in [0.5, 0.6) is 0 Å². The van der Waals surface area contributed by atoms with Crippen molar-refractivity contribution in [2.45, 2.75) is 57.3 Å². The van der Waals surface area contributed by atoms with Gasteiger partial charge in [0.2, 0.25) is 0 Å². The summed E-state index contributed by atoms with van der Waals surface area (Å²) >= 11 is 0. The molecule has 0 aliphatic carbocycles. The van der Waals surface area contributed by atoms with Crippen LogP contribution in [0.1, 0.15) is 40.0 Å². The fourth-order valence-corrected chi connectivity index (χ4v) is 2.89. The molecule has 1 amide bonds. The maximum absolute atomic E-state index is 12.2. The van der Waals surface area contributed by atoms with Gasteiger partial charge in [0.15, 0.2) is 0 Å². The number of amides is 1. The van der Waals surface area contributed by atoms with Crippen LogP contribution in [0.4, 0.5) is 4.79 Å². The summed E-state index contributed by atoms with van der Waals surface area (Å²) in [4.78, 5) is 24.7. The first kappa shape index (κ1) is 17.0. The van der Waals surface area contributed by atoms with E-state index in [2.05, 4.69) is 0 Å². The van der Waals surface area contributed by atoms with Gasteiger partial charge in [0.05, 0.1) is 32.3 Å². The molecular formula is C15H25NO6. The SMILES string of the molecule is CC(C)(C)OC(=O)N1CCCC2(COCC(CC(=O)O)O2)C1. The first-order chi connectivity index (χ1) is 10.2. The number of nitrogens with zero attached hydrogens (tertiary/aromatic N) is 1. The molecule has 1 N–H and O–H groups in total. The summed E-state index contributed by atoms with van der Waals surface area (Å²) in [7, 11) is 0. The third-order valence-electron chi connectivity index (χ3n) is 3.68. The molecule has 0 bridgehead atoms. The third kappa shape index (κ3) is 4.58. The Morgan fingerprint density at radius 2 is 2.14 bits per heavy atom. The average molecular weight is 315 g/mol. The quantitative estimate of drug-likeness (QED) is 0.834. The highest BCUT2D eigenvalue weighted by Gasteiger charge is 2.44. The van der Waals surface area contributed by atoms with Gasteiger partial charge in [-0.25, -0.2) is 4.79 Å². The Morgan fingerprint density at radius 1 is 1.41 bits per heavy atom. The normalized spacial score (nSPS) is 29.4. The van der Waals surface area contributed by atoms with Crippen LogP contribution in [-0.4, -0.2) is 65.7 Å². The number of rotatable bonds is 2. The van der Waals surface area contributed by atoms with Crippen molar-refractivity contribution in [2.75, 3.05) is 26.3 Å². The van der Waals surface area contributed by atoms with Crippen LogP contribution in [0.25, 0.3) is 0 Å². The summed E-state index contributed by atoms with van der Waals surface area (Å²) < 4.78 is 16.9. The van der Waals surface area contributed by atoms with E-state index in [1.54, 1.807) is 4.90 Å². The molecule has 2 heterocycles. The van der Waals surface area contributed by atoms with E-state index in [0.29, 0.717) is 19.7 Å². The zero-order valence-corrected chi connectivity index (χ0v) is 13.5. The number of hydrogen-bond acceptors (Lipinski definition) is 5. The largest absolute Gasteiger partial charge is 0.481 e. The fourth-order valence-electron chi connectivity index (χ4n) is 2.89. The molecule has 7 nitrogen and oxygen atoms in total. The van der Waals surface area contributed by atoms with Crippen molar-refractivity contribution >= 4 is 12.1 Å². The highest BCUT2D eigenvalue weighted by Crippen LogP contribution is 2.31. The molecule has 22 heavy (non-hydrogen) atoms. The minimum Gasteiger partial charge on any atom is -0.481 e. The molecule has 0 radical (unpaired) electrons. The summed E-state index contributed by atoms with van der Waals surface area (Å²) in [6, 6.07) is 0. The van der Waals surface area contributed by atoms with Crippen LogP contribution >= 0.6 is 0 Å². The standard InChI is InChI=1S/C15H25NO6/c1-14(2,3)22-13(19)16-6-4-5-15(9-16)10-20-8-11(21-15)7-12(17)18/h11H,4-10H2,1-3H3,(H,17,18). The van der Waals surface area contributed by atoms with E-state index in [1.807, 2.05) is 20.8 Å². The molecule has 2 saturated heterocycles. The number of piperidine rings is 1. The lowest BCUT2D eigenvalue weighted by Gasteiger charge is -2.46. The number of carbonyl (C=O) groups is 2. The lowest BCUT2D eigenvalue weighted by Crippen LogP contribution is -2.59. The zero-order chi connectivity index (χ0) is 16.4. The molecule has 126 valence electrons. The van der Waals surface area contributed by atoms with Gasteiger partial charge in [0, 0.05) is 6.54 Å². The molecule has 2 fully saturated rings.